The average molecular weight is 363 g/mol. The Morgan fingerprint density at radius 3 is 2.41 bits per heavy atom. The van der Waals surface area contributed by atoms with Crippen LogP contribution in [0.1, 0.15) is 33.3 Å². The monoisotopic (exact) mass is 363 g/mol. The van der Waals surface area contributed by atoms with Gasteiger partial charge in [-0.3, -0.25) is 0 Å². The van der Waals surface area contributed by atoms with Gasteiger partial charge in [-0.2, -0.15) is 0 Å². The number of carbonyl (C=O) groups excluding carboxylic acids is 2. The summed E-state index contributed by atoms with van der Waals surface area (Å²) in [6.45, 7) is 13.7. The Morgan fingerprint density at radius 2 is 1.85 bits per heavy atom. The highest BCUT2D eigenvalue weighted by molar-refractivity contribution is 6.13. The molecule has 0 radical (unpaired) electrons. The zero-order chi connectivity index (χ0) is 19.9. The number of nitrogens with zero attached hydrogens (tertiary/aromatic N) is 1. The molecule has 4 nitrogen and oxygen atoms in total. The minimum Gasteiger partial charge on any atom is -0.388 e. The maximum absolute atomic E-state index is 12.9. The number of rotatable bonds is 3. The molecule has 1 aromatic carbocycles. The van der Waals surface area contributed by atoms with Gasteiger partial charge in [0.1, 0.15) is 5.41 Å². The van der Waals surface area contributed by atoms with Crippen LogP contribution in [0, 0.1) is 12.3 Å². The van der Waals surface area contributed by atoms with Gasteiger partial charge in [0.25, 0.3) is 0 Å². The lowest BCUT2D eigenvalue weighted by molar-refractivity contribution is -0.153. The smallest absolute Gasteiger partial charge is 0.343 e. The van der Waals surface area contributed by atoms with Crippen molar-refractivity contribution in [2.75, 3.05) is 4.90 Å². The van der Waals surface area contributed by atoms with Gasteiger partial charge in [-0.05, 0) is 57.9 Å². The maximum atomic E-state index is 12.9. The fourth-order valence-corrected chi connectivity index (χ4v) is 4.06. The normalized spacial score (nSPS) is 26.8. The Hall–Kier alpha value is -2.88. The molecule has 2 heterocycles. The van der Waals surface area contributed by atoms with E-state index in [9.17, 15) is 9.59 Å². The van der Waals surface area contributed by atoms with Crippen LogP contribution < -0.4 is 4.90 Å². The summed E-state index contributed by atoms with van der Waals surface area (Å²) in [7, 11) is 0. The Labute approximate surface area is 160 Å². The Morgan fingerprint density at radius 1 is 1.22 bits per heavy atom. The van der Waals surface area contributed by atoms with Crippen LogP contribution in [0.25, 0.3) is 0 Å². The molecule has 27 heavy (non-hydrogen) atoms. The van der Waals surface area contributed by atoms with E-state index in [1.807, 2.05) is 26.8 Å². The number of anilines is 1. The fourth-order valence-electron chi connectivity index (χ4n) is 4.06. The second-order valence-electron chi connectivity index (χ2n) is 7.30. The van der Waals surface area contributed by atoms with Gasteiger partial charge in [-0.25, -0.2) is 9.59 Å². The van der Waals surface area contributed by atoms with E-state index in [2.05, 4.69) is 41.9 Å². The van der Waals surface area contributed by atoms with Gasteiger partial charge in [0.2, 0.25) is 0 Å². The van der Waals surface area contributed by atoms with Gasteiger partial charge in [0.05, 0.1) is 11.6 Å². The molecule has 4 heteroatoms. The lowest BCUT2D eigenvalue weighted by Gasteiger charge is -2.40. The van der Waals surface area contributed by atoms with E-state index in [-0.39, 0.29) is 6.04 Å². The molecule has 0 amide bonds. The summed E-state index contributed by atoms with van der Waals surface area (Å²) in [5, 5.41) is 0. The number of esters is 2. The first-order chi connectivity index (χ1) is 12.7. The lowest BCUT2D eigenvalue weighted by atomic mass is 9.67. The zero-order valence-electron chi connectivity index (χ0n) is 16.5. The van der Waals surface area contributed by atoms with Crippen molar-refractivity contribution in [2.45, 2.75) is 40.7 Å². The summed E-state index contributed by atoms with van der Waals surface area (Å²) in [6, 6.07) is 8.08. The van der Waals surface area contributed by atoms with E-state index >= 15 is 0 Å². The molecular weight excluding hydrogens is 338 g/mol. The van der Waals surface area contributed by atoms with Gasteiger partial charge < -0.3 is 9.64 Å². The number of aryl methyl sites for hydroxylation is 1. The highest BCUT2D eigenvalue weighted by Crippen LogP contribution is 2.51. The molecule has 2 atom stereocenters. The number of hydrogen-bond acceptors (Lipinski definition) is 4. The number of hydrogen-bond donors (Lipinski definition) is 0. The first-order valence-corrected chi connectivity index (χ1v) is 9.08. The molecule has 1 aromatic rings. The average Bonchev–Trinajstić information content (AvgIpc) is 2.87. The molecular formula is C23H25NO3. The third-order valence-electron chi connectivity index (χ3n) is 5.40. The fraction of sp³-hybridized carbons (Fsp3) is 0.304. The Balaban J connectivity index is 2.18. The third kappa shape index (κ3) is 2.76. The third-order valence-corrected chi connectivity index (χ3v) is 5.40. The first kappa shape index (κ1) is 18.9. The predicted molar refractivity (Wildman–Crippen MR) is 107 cm³/mol. The van der Waals surface area contributed by atoms with Gasteiger partial charge in [-0.1, -0.05) is 42.0 Å². The second kappa shape index (κ2) is 6.69. The molecule has 0 N–H and O–H groups in total. The summed E-state index contributed by atoms with van der Waals surface area (Å²) in [5.41, 5.74) is 3.68. The molecule has 140 valence electrons. The van der Waals surface area contributed by atoms with Crippen LogP contribution in [-0.2, 0) is 14.3 Å². The van der Waals surface area contributed by atoms with Crippen molar-refractivity contribution in [3.05, 3.63) is 77.1 Å². The highest BCUT2D eigenvalue weighted by atomic mass is 16.6. The minimum atomic E-state index is -1.25. The summed E-state index contributed by atoms with van der Waals surface area (Å²) >= 11 is 0. The van der Waals surface area contributed by atoms with Crippen LogP contribution in [0.2, 0.25) is 0 Å². The summed E-state index contributed by atoms with van der Waals surface area (Å²) in [5.74, 6) is -1.16. The molecule has 2 aliphatic rings. The molecule has 0 saturated carbocycles. The predicted octanol–water partition coefficient (Wildman–Crippen LogP) is 4.63. The van der Waals surface area contributed by atoms with Crippen LogP contribution in [0.5, 0.6) is 0 Å². The molecule has 2 aliphatic heterocycles. The first-order valence-electron chi connectivity index (χ1n) is 9.08. The van der Waals surface area contributed by atoms with Crippen molar-refractivity contribution in [3.8, 4) is 0 Å². The van der Waals surface area contributed by atoms with Crippen molar-refractivity contribution in [1.82, 2.24) is 0 Å². The Bertz CT molecular complexity index is 917. The summed E-state index contributed by atoms with van der Waals surface area (Å²) < 4.78 is 5.05. The SMILES string of the molecule is C=C(C)C1(C2=CC(C)=CN(c3ccc(C)cc3)C2C)C(=O)OC(=O)/C1=C/C. The standard InChI is InChI=1S/C23H25NO3/c1-7-19-21(25)27-22(26)23(19,14(2)3)20-12-16(5)13-24(17(20)6)18-10-8-15(4)9-11-18/h7-13,17H,2H2,1,3-6H3/b19-7-. The number of benzene rings is 1. The summed E-state index contributed by atoms with van der Waals surface area (Å²) in [6.07, 6.45) is 5.70. The molecule has 0 aromatic heterocycles. The molecule has 1 fully saturated rings. The van der Waals surface area contributed by atoms with E-state index in [0.717, 1.165) is 16.8 Å². The van der Waals surface area contributed by atoms with E-state index in [4.69, 9.17) is 4.74 Å². The maximum Gasteiger partial charge on any atom is 0.343 e. The second-order valence-corrected chi connectivity index (χ2v) is 7.30. The van der Waals surface area contributed by atoms with Crippen molar-refractivity contribution >= 4 is 17.6 Å². The molecule has 0 bridgehead atoms. The largest absolute Gasteiger partial charge is 0.388 e. The van der Waals surface area contributed by atoms with Crippen molar-refractivity contribution in [2.24, 2.45) is 5.41 Å². The number of ether oxygens (including phenoxy) is 1. The van der Waals surface area contributed by atoms with Crippen molar-refractivity contribution in [3.63, 3.8) is 0 Å². The van der Waals surface area contributed by atoms with Gasteiger partial charge in [0.15, 0.2) is 0 Å². The van der Waals surface area contributed by atoms with Crippen LogP contribution >= 0.6 is 0 Å². The lowest BCUT2D eigenvalue weighted by Crippen LogP contribution is -2.43. The molecule has 3 rings (SSSR count). The quantitative estimate of drug-likeness (QED) is 0.340. The molecule has 2 unspecified atom stereocenters. The zero-order valence-corrected chi connectivity index (χ0v) is 16.5. The highest BCUT2D eigenvalue weighted by Gasteiger charge is 2.58. The van der Waals surface area contributed by atoms with Crippen molar-refractivity contribution in [1.29, 1.82) is 0 Å². The number of cyclic esters (lactones) is 2. The van der Waals surface area contributed by atoms with E-state index < -0.39 is 17.4 Å². The molecule has 0 spiro atoms. The van der Waals surface area contributed by atoms with Gasteiger partial charge >= 0.3 is 11.9 Å². The Kier molecular flexibility index (Phi) is 4.68. The summed E-state index contributed by atoms with van der Waals surface area (Å²) in [4.78, 5) is 27.4. The minimum absolute atomic E-state index is 0.151. The van der Waals surface area contributed by atoms with Crippen molar-refractivity contribution < 1.29 is 14.3 Å². The van der Waals surface area contributed by atoms with Crippen LogP contribution in [0.3, 0.4) is 0 Å². The molecule has 1 saturated heterocycles. The van der Waals surface area contributed by atoms with Gasteiger partial charge in [-0.15, -0.1) is 0 Å². The van der Waals surface area contributed by atoms with E-state index in [1.54, 1.807) is 19.9 Å². The number of allylic oxidation sites excluding steroid dienone is 3. The van der Waals surface area contributed by atoms with Crippen LogP contribution in [-0.4, -0.2) is 18.0 Å². The van der Waals surface area contributed by atoms with E-state index in [0.29, 0.717) is 11.1 Å². The number of carbonyl (C=O) groups is 2. The topological polar surface area (TPSA) is 46.6 Å². The van der Waals surface area contributed by atoms with Gasteiger partial charge in [0, 0.05) is 11.9 Å². The van der Waals surface area contributed by atoms with Crippen LogP contribution in [0.4, 0.5) is 5.69 Å². The van der Waals surface area contributed by atoms with Crippen LogP contribution in [0.15, 0.2) is 71.5 Å². The van der Waals surface area contributed by atoms with E-state index in [1.165, 1.54) is 5.56 Å². The molecule has 0 aliphatic carbocycles.